The zero-order chi connectivity index (χ0) is 17.0. The third-order valence-electron chi connectivity index (χ3n) is 3.79. The molecule has 0 atom stereocenters. The summed E-state index contributed by atoms with van der Waals surface area (Å²) in [6, 6.07) is 7.68. The summed E-state index contributed by atoms with van der Waals surface area (Å²) in [5.74, 6) is -0.420. The Morgan fingerprint density at radius 2 is 1.80 bits per heavy atom. The van der Waals surface area contributed by atoms with Crippen LogP contribution in [0.3, 0.4) is 0 Å². The van der Waals surface area contributed by atoms with Gasteiger partial charge in [0.1, 0.15) is 0 Å². The highest BCUT2D eigenvalue weighted by molar-refractivity contribution is 6.30. The molecule has 1 saturated heterocycles. The molecule has 2 rings (SSSR count). The van der Waals surface area contributed by atoms with Crippen LogP contribution < -0.4 is 16.0 Å². The summed E-state index contributed by atoms with van der Waals surface area (Å²) in [5, 5.41) is 3.29. The predicted octanol–water partition coefficient (Wildman–Crippen LogP) is 1.69. The summed E-state index contributed by atoms with van der Waals surface area (Å²) in [5.41, 5.74) is 5.76. The first-order valence-electron chi connectivity index (χ1n) is 7.63. The van der Waals surface area contributed by atoms with Crippen LogP contribution in [0.4, 0.5) is 5.69 Å². The molecule has 0 spiro atoms. The van der Waals surface area contributed by atoms with E-state index in [2.05, 4.69) is 10.2 Å². The molecule has 1 aliphatic rings. The topological polar surface area (TPSA) is 78.7 Å². The number of nitrogens with two attached hydrogens (primary N) is 1. The van der Waals surface area contributed by atoms with E-state index >= 15 is 0 Å². The van der Waals surface area contributed by atoms with E-state index in [1.165, 1.54) is 0 Å². The molecule has 1 aliphatic heterocycles. The Morgan fingerprint density at radius 1 is 1.20 bits per heavy atom. The van der Waals surface area contributed by atoms with Crippen LogP contribution in [0.1, 0.15) is 13.8 Å². The molecular formula is C16H25Cl3N4O2. The number of benzene rings is 1. The molecule has 142 valence electrons. The van der Waals surface area contributed by atoms with Crippen molar-refractivity contribution in [3.63, 3.8) is 0 Å². The van der Waals surface area contributed by atoms with Gasteiger partial charge in [-0.3, -0.25) is 9.59 Å². The molecule has 6 nitrogen and oxygen atoms in total. The Balaban J connectivity index is 0.00000288. The molecule has 0 aromatic heterocycles. The first-order valence-corrected chi connectivity index (χ1v) is 8.00. The van der Waals surface area contributed by atoms with Gasteiger partial charge in [0.05, 0.1) is 12.1 Å². The highest BCUT2D eigenvalue weighted by Crippen LogP contribution is 2.20. The van der Waals surface area contributed by atoms with Gasteiger partial charge in [0.15, 0.2) is 0 Å². The SMILES string of the molecule is CC(C)(N)C(=O)NCC(=O)N1CCN(c2cccc(Cl)c2)CC1.Cl.Cl. The first-order chi connectivity index (χ1) is 10.8. The number of halogens is 3. The normalized spacial score (nSPS) is 14.2. The van der Waals surface area contributed by atoms with Crippen molar-refractivity contribution in [1.82, 2.24) is 10.2 Å². The van der Waals surface area contributed by atoms with Gasteiger partial charge in [0.25, 0.3) is 0 Å². The maximum absolute atomic E-state index is 12.2. The largest absolute Gasteiger partial charge is 0.368 e. The third kappa shape index (κ3) is 6.90. The molecule has 2 amide bonds. The van der Waals surface area contributed by atoms with Gasteiger partial charge in [-0.15, -0.1) is 24.8 Å². The van der Waals surface area contributed by atoms with E-state index in [9.17, 15) is 9.59 Å². The van der Waals surface area contributed by atoms with Crippen LogP contribution in [0.25, 0.3) is 0 Å². The molecule has 1 fully saturated rings. The van der Waals surface area contributed by atoms with Crippen molar-refractivity contribution < 1.29 is 9.59 Å². The Labute approximate surface area is 165 Å². The minimum atomic E-state index is -0.981. The van der Waals surface area contributed by atoms with Crippen LogP contribution in [0.15, 0.2) is 24.3 Å². The molecule has 9 heteroatoms. The fourth-order valence-corrected chi connectivity index (χ4v) is 2.57. The monoisotopic (exact) mass is 410 g/mol. The van der Waals surface area contributed by atoms with Gasteiger partial charge in [-0.05, 0) is 32.0 Å². The quantitative estimate of drug-likeness (QED) is 0.790. The lowest BCUT2D eigenvalue weighted by Crippen LogP contribution is -2.54. The van der Waals surface area contributed by atoms with Crippen LogP contribution in [-0.2, 0) is 9.59 Å². The van der Waals surface area contributed by atoms with Gasteiger partial charge in [0, 0.05) is 36.9 Å². The number of carbonyl (C=O) groups excluding carboxylic acids is 2. The standard InChI is InChI=1S/C16H23ClN4O2.2ClH/c1-16(2,18)15(23)19-11-14(22)21-8-6-20(7-9-21)13-5-3-4-12(17)10-13;;/h3-5,10H,6-9,11,18H2,1-2H3,(H,19,23);2*1H. The zero-order valence-corrected chi connectivity index (χ0v) is 16.7. The van der Waals surface area contributed by atoms with Gasteiger partial charge in [-0.1, -0.05) is 17.7 Å². The van der Waals surface area contributed by atoms with E-state index in [1.807, 2.05) is 24.3 Å². The predicted molar refractivity (Wildman–Crippen MR) is 106 cm³/mol. The Morgan fingerprint density at radius 3 is 2.32 bits per heavy atom. The van der Waals surface area contributed by atoms with Crippen molar-refractivity contribution in [3.8, 4) is 0 Å². The number of amides is 2. The number of hydrogen-bond acceptors (Lipinski definition) is 4. The van der Waals surface area contributed by atoms with Crippen molar-refractivity contribution in [2.75, 3.05) is 37.6 Å². The maximum atomic E-state index is 12.2. The molecule has 25 heavy (non-hydrogen) atoms. The van der Waals surface area contributed by atoms with Gasteiger partial charge >= 0.3 is 0 Å². The van der Waals surface area contributed by atoms with Gasteiger partial charge in [0.2, 0.25) is 11.8 Å². The number of carbonyl (C=O) groups is 2. The number of piperazine rings is 1. The summed E-state index contributed by atoms with van der Waals surface area (Å²) in [7, 11) is 0. The summed E-state index contributed by atoms with van der Waals surface area (Å²) in [4.78, 5) is 27.8. The lowest BCUT2D eigenvalue weighted by atomic mass is 10.1. The van der Waals surface area contributed by atoms with Crippen molar-refractivity contribution in [3.05, 3.63) is 29.3 Å². The second-order valence-electron chi connectivity index (χ2n) is 6.25. The van der Waals surface area contributed by atoms with Crippen LogP contribution in [0.5, 0.6) is 0 Å². The van der Waals surface area contributed by atoms with E-state index < -0.39 is 5.54 Å². The van der Waals surface area contributed by atoms with Gasteiger partial charge < -0.3 is 20.9 Å². The second-order valence-corrected chi connectivity index (χ2v) is 6.69. The highest BCUT2D eigenvalue weighted by atomic mass is 35.5. The van der Waals surface area contributed by atoms with Gasteiger partial charge in [-0.25, -0.2) is 0 Å². The third-order valence-corrected chi connectivity index (χ3v) is 4.03. The lowest BCUT2D eigenvalue weighted by molar-refractivity contribution is -0.134. The van der Waals surface area contributed by atoms with Crippen LogP contribution in [-0.4, -0.2) is 55.0 Å². The Bertz CT molecular complexity index is 585. The average Bonchev–Trinajstić information content (AvgIpc) is 2.51. The zero-order valence-electron chi connectivity index (χ0n) is 14.3. The van der Waals surface area contributed by atoms with Crippen molar-refractivity contribution in [1.29, 1.82) is 0 Å². The Kier molecular flexibility index (Phi) is 9.58. The lowest BCUT2D eigenvalue weighted by Gasteiger charge is -2.36. The molecule has 1 aromatic carbocycles. The molecule has 0 unspecified atom stereocenters. The maximum Gasteiger partial charge on any atom is 0.242 e. The van der Waals surface area contributed by atoms with Crippen LogP contribution in [0, 0.1) is 0 Å². The Hall–Kier alpha value is -1.21. The second kappa shape index (κ2) is 10.1. The van der Waals surface area contributed by atoms with Crippen molar-refractivity contribution in [2.24, 2.45) is 5.73 Å². The molecule has 3 N–H and O–H groups in total. The van der Waals surface area contributed by atoms with E-state index in [-0.39, 0.29) is 43.2 Å². The number of hydrogen-bond donors (Lipinski definition) is 2. The van der Waals surface area contributed by atoms with Crippen molar-refractivity contribution in [2.45, 2.75) is 19.4 Å². The minimum Gasteiger partial charge on any atom is -0.368 e. The average molecular weight is 412 g/mol. The molecule has 1 heterocycles. The van der Waals surface area contributed by atoms with E-state index in [1.54, 1.807) is 18.7 Å². The van der Waals surface area contributed by atoms with Gasteiger partial charge in [-0.2, -0.15) is 0 Å². The van der Waals surface area contributed by atoms with Crippen LogP contribution >= 0.6 is 36.4 Å². The summed E-state index contributed by atoms with van der Waals surface area (Å²) in [6.07, 6.45) is 0. The minimum absolute atomic E-state index is 0. The summed E-state index contributed by atoms with van der Waals surface area (Å²) < 4.78 is 0. The fraction of sp³-hybridized carbons (Fsp3) is 0.500. The smallest absolute Gasteiger partial charge is 0.242 e. The van der Waals surface area contributed by atoms with E-state index in [0.29, 0.717) is 18.1 Å². The van der Waals surface area contributed by atoms with Crippen LogP contribution in [0.2, 0.25) is 5.02 Å². The first kappa shape index (κ1) is 23.8. The number of nitrogens with zero attached hydrogens (tertiary/aromatic N) is 2. The highest BCUT2D eigenvalue weighted by Gasteiger charge is 2.25. The number of rotatable bonds is 4. The molecule has 0 radical (unpaired) electrons. The summed E-state index contributed by atoms with van der Waals surface area (Å²) in [6.45, 7) is 5.91. The molecular weight excluding hydrogens is 387 g/mol. The fourth-order valence-electron chi connectivity index (χ4n) is 2.38. The van der Waals surface area contributed by atoms with Crippen molar-refractivity contribution >= 4 is 53.9 Å². The molecule has 0 bridgehead atoms. The molecule has 0 aliphatic carbocycles. The van der Waals surface area contributed by atoms with E-state index in [0.717, 1.165) is 18.8 Å². The number of anilines is 1. The van der Waals surface area contributed by atoms with E-state index in [4.69, 9.17) is 17.3 Å². The molecule has 1 aromatic rings. The molecule has 0 saturated carbocycles. The number of nitrogens with one attached hydrogen (secondary N) is 1. The summed E-state index contributed by atoms with van der Waals surface area (Å²) >= 11 is 6.01.